The molecule has 33 heavy (non-hydrogen) atoms. The van der Waals surface area contributed by atoms with Gasteiger partial charge in [0.15, 0.2) is 0 Å². The van der Waals surface area contributed by atoms with Crippen LogP contribution in [0.5, 0.6) is 0 Å². The number of hydrogen-bond acceptors (Lipinski definition) is 0. The Morgan fingerprint density at radius 2 is 1.18 bits per heavy atom. The first-order chi connectivity index (χ1) is 15.8. The number of fused-ring (bicyclic) bond motifs is 1. The second-order valence-electron chi connectivity index (χ2n) is 8.48. The molecule has 0 bridgehead atoms. The van der Waals surface area contributed by atoms with E-state index in [0.29, 0.717) is 11.1 Å². The molecule has 0 amide bonds. The van der Waals surface area contributed by atoms with Crippen LogP contribution in [0.15, 0.2) is 78.9 Å². The van der Waals surface area contributed by atoms with E-state index in [1.807, 2.05) is 12.1 Å². The van der Waals surface area contributed by atoms with Crippen LogP contribution in [0.4, 0.5) is 17.6 Å². The summed E-state index contributed by atoms with van der Waals surface area (Å²) in [5, 5.41) is 2.38. The highest BCUT2D eigenvalue weighted by Gasteiger charge is 2.33. The molecule has 0 aliphatic carbocycles. The van der Waals surface area contributed by atoms with E-state index < -0.39 is 17.6 Å². The standard InChI is InChI=1S/C29H26F4/c1-2-3-4-5-6-20-7-8-25-18-24(14-13-23(25)17-20)21-9-11-22(12-10-21)26-15-16-27(28(30)19-26)29(31,32)33/h7-19H,2-6H2,1H3. The maximum absolute atomic E-state index is 13.9. The summed E-state index contributed by atoms with van der Waals surface area (Å²) in [6.45, 7) is 2.22. The zero-order chi connectivity index (χ0) is 23.4. The average Bonchev–Trinajstić information content (AvgIpc) is 2.81. The molecule has 4 heteroatoms. The first-order valence-electron chi connectivity index (χ1n) is 11.4. The van der Waals surface area contributed by atoms with Gasteiger partial charge in [0.2, 0.25) is 0 Å². The Balaban J connectivity index is 1.52. The van der Waals surface area contributed by atoms with E-state index >= 15 is 0 Å². The Morgan fingerprint density at radius 3 is 1.82 bits per heavy atom. The van der Waals surface area contributed by atoms with Gasteiger partial charge in [-0.05, 0) is 69.6 Å². The molecule has 0 aliphatic rings. The minimum absolute atomic E-state index is 0.414. The van der Waals surface area contributed by atoms with Gasteiger partial charge in [-0.25, -0.2) is 4.39 Å². The molecule has 0 saturated carbocycles. The van der Waals surface area contributed by atoms with Crippen LogP contribution >= 0.6 is 0 Å². The molecule has 0 saturated heterocycles. The average molecular weight is 451 g/mol. The molecule has 0 atom stereocenters. The predicted octanol–water partition coefficient (Wildman–Crippen LogP) is 9.45. The summed E-state index contributed by atoms with van der Waals surface area (Å²) in [7, 11) is 0. The van der Waals surface area contributed by atoms with Crippen molar-refractivity contribution in [3.8, 4) is 22.3 Å². The monoisotopic (exact) mass is 450 g/mol. The minimum Gasteiger partial charge on any atom is -0.206 e. The van der Waals surface area contributed by atoms with Gasteiger partial charge in [-0.15, -0.1) is 0 Å². The Kier molecular flexibility index (Phi) is 6.83. The molecule has 0 aromatic heterocycles. The first kappa shape index (κ1) is 23.0. The van der Waals surface area contributed by atoms with Gasteiger partial charge in [-0.3, -0.25) is 0 Å². The van der Waals surface area contributed by atoms with Crippen molar-refractivity contribution in [1.82, 2.24) is 0 Å². The SMILES string of the molecule is CCCCCCc1ccc2cc(-c3ccc(-c4ccc(C(F)(F)F)c(F)c4)cc3)ccc2c1. The molecular formula is C29H26F4. The molecule has 4 rings (SSSR count). The lowest BCUT2D eigenvalue weighted by molar-refractivity contribution is -0.139. The van der Waals surface area contributed by atoms with Crippen molar-refractivity contribution in [2.75, 3.05) is 0 Å². The van der Waals surface area contributed by atoms with Crippen LogP contribution in [0.25, 0.3) is 33.0 Å². The second kappa shape index (κ2) is 9.78. The van der Waals surface area contributed by atoms with E-state index in [1.54, 1.807) is 12.1 Å². The minimum atomic E-state index is -4.70. The van der Waals surface area contributed by atoms with Gasteiger partial charge >= 0.3 is 6.18 Å². The van der Waals surface area contributed by atoms with Gasteiger partial charge in [0.05, 0.1) is 5.56 Å². The number of alkyl halides is 3. The summed E-state index contributed by atoms with van der Waals surface area (Å²) in [6.07, 6.45) is 1.41. The van der Waals surface area contributed by atoms with E-state index in [-0.39, 0.29) is 0 Å². The van der Waals surface area contributed by atoms with Crippen LogP contribution in [0.1, 0.15) is 43.7 Å². The van der Waals surface area contributed by atoms with Crippen molar-refractivity contribution >= 4 is 10.8 Å². The number of rotatable bonds is 7. The number of benzene rings is 4. The molecule has 0 N–H and O–H groups in total. The zero-order valence-electron chi connectivity index (χ0n) is 18.6. The molecule has 0 radical (unpaired) electrons. The second-order valence-corrected chi connectivity index (χ2v) is 8.48. The Hall–Kier alpha value is -3.14. The number of unbranched alkanes of at least 4 members (excludes halogenated alkanes) is 3. The van der Waals surface area contributed by atoms with Gasteiger partial charge in [-0.1, -0.05) is 86.8 Å². The molecular weight excluding hydrogens is 424 g/mol. The molecule has 0 unspecified atom stereocenters. The fraction of sp³-hybridized carbons (Fsp3) is 0.241. The highest BCUT2D eigenvalue weighted by atomic mass is 19.4. The smallest absolute Gasteiger partial charge is 0.206 e. The lowest BCUT2D eigenvalue weighted by Crippen LogP contribution is -2.07. The molecule has 0 fully saturated rings. The van der Waals surface area contributed by atoms with E-state index in [4.69, 9.17) is 0 Å². The summed E-state index contributed by atoms with van der Waals surface area (Å²) in [5.74, 6) is -1.26. The lowest BCUT2D eigenvalue weighted by atomic mass is 9.96. The van der Waals surface area contributed by atoms with Crippen LogP contribution < -0.4 is 0 Å². The molecule has 0 aliphatic heterocycles. The maximum atomic E-state index is 13.9. The summed E-state index contributed by atoms with van der Waals surface area (Å²) < 4.78 is 52.3. The highest BCUT2D eigenvalue weighted by molar-refractivity contribution is 5.88. The number of halogens is 4. The topological polar surface area (TPSA) is 0 Å². The normalized spacial score (nSPS) is 11.8. The van der Waals surface area contributed by atoms with Crippen molar-refractivity contribution in [2.24, 2.45) is 0 Å². The largest absolute Gasteiger partial charge is 0.419 e. The first-order valence-corrected chi connectivity index (χ1v) is 11.4. The third-order valence-corrected chi connectivity index (χ3v) is 6.05. The highest BCUT2D eigenvalue weighted by Crippen LogP contribution is 2.34. The van der Waals surface area contributed by atoms with Crippen molar-refractivity contribution < 1.29 is 17.6 Å². The van der Waals surface area contributed by atoms with E-state index in [1.165, 1.54) is 48.1 Å². The molecule has 0 nitrogen and oxygen atoms in total. The molecule has 4 aromatic carbocycles. The lowest BCUT2D eigenvalue weighted by Gasteiger charge is -2.10. The third-order valence-electron chi connectivity index (χ3n) is 6.05. The Morgan fingerprint density at radius 1 is 0.606 bits per heavy atom. The Bertz CT molecular complexity index is 1240. The molecule has 0 spiro atoms. The van der Waals surface area contributed by atoms with Gasteiger partial charge in [-0.2, -0.15) is 13.2 Å². The quantitative estimate of drug-likeness (QED) is 0.194. The van der Waals surface area contributed by atoms with E-state index in [9.17, 15) is 17.6 Å². The number of hydrogen-bond donors (Lipinski definition) is 0. The van der Waals surface area contributed by atoms with Crippen LogP contribution in [0, 0.1) is 5.82 Å². The maximum Gasteiger partial charge on any atom is 0.419 e. The van der Waals surface area contributed by atoms with Crippen molar-refractivity contribution in [3.63, 3.8) is 0 Å². The van der Waals surface area contributed by atoms with Crippen LogP contribution in [-0.2, 0) is 12.6 Å². The van der Waals surface area contributed by atoms with Crippen LogP contribution in [0.2, 0.25) is 0 Å². The molecule has 4 aromatic rings. The predicted molar refractivity (Wildman–Crippen MR) is 128 cm³/mol. The summed E-state index contributed by atoms with van der Waals surface area (Å²) in [5.41, 5.74) is 3.25. The summed E-state index contributed by atoms with van der Waals surface area (Å²) >= 11 is 0. The van der Waals surface area contributed by atoms with E-state index in [0.717, 1.165) is 29.7 Å². The summed E-state index contributed by atoms with van der Waals surface area (Å²) in [4.78, 5) is 0. The van der Waals surface area contributed by atoms with Gasteiger partial charge in [0.25, 0.3) is 0 Å². The van der Waals surface area contributed by atoms with E-state index in [2.05, 4.69) is 43.3 Å². The van der Waals surface area contributed by atoms with Crippen molar-refractivity contribution in [2.45, 2.75) is 45.2 Å². The fourth-order valence-electron chi connectivity index (χ4n) is 4.17. The Labute approximate surface area is 191 Å². The summed E-state index contributed by atoms with van der Waals surface area (Å²) in [6, 6.07) is 23.4. The van der Waals surface area contributed by atoms with Crippen molar-refractivity contribution in [3.05, 3.63) is 95.8 Å². The van der Waals surface area contributed by atoms with Crippen LogP contribution in [-0.4, -0.2) is 0 Å². The number of aryl methyl sites for hydroxylation is 1. The molecule has 170 valence electrons. The molecule has 0 heterocycles. The van der Waals surface area contributed by atoms with Gasteiger partial charge in [0.1, 0.15) is 5.82 Å². The van der Waals surface area contributed by atoms with Crippen molar-refractivity contribution in [1.29, 1.82) is 0 Å². The third kappa shape index (κ3) is 5.44. The van der Waals surface area contributed by atoms with Gasteiger partial charge in [0, 0.05) is 0 Å². The van der Waals surface area contributed by atoms with Crippen LogP contribution in [0.3, 0.4) is 0 Å². The fourth-order valence-corrected chi connectivity index (χ4v) is 4.17. The zero-order valence-corrected chi connectivity index (χ0v) is 18.6. The van der Waals surface area contributed by atoms with Gasteiger partial charge < -0.3 is 0 Å².